The summed E-state index contributed by atoms with van der Waals surface area (Å²) in [6.45, 7) is 0.992. The number of carbonyl (C=O) groups excluding carboxylic acids is 4. The molecule has 3 amide bonds. The molecule has 6 unspecified atom stereocenters. The summed E-state index contributed by atoms with van der Waals surface area (Å²) in [5, 5.41) is 12.7. The Morgan fingerprint density at radius 2 is 1.79 bits per heavy atom. The van der Waals surface area contributed by atoms with Crippen molar-refractivity contribution >= 4 is 74.4 Å². The Morgan fingerprint density at radius 3 is 2.49 bits per heavy atom. The molecule has 3 N–H and O–H groups in total. The van der Waals surface area contributed by atoms with Crippen LogP contribution < -0.4 is 14.9 Å². The molecule has 4 aliphatic rings. The van der Waals surface area contributed by atoms with Crippen LogP contribution in [-0.2, 0) is 23.9 Å². The second-order valence-electron chi connectivity index (χ2n) is 11.9. The lowest BCUT2D eigenvalue weighted by atomic mass is 9.68. The van der Waals surface area contributed by atoms with Crippen molar-refractivity contribution in [3.63, 3.8) is 0 Å². The molecule has 3 heterocycles. The number of carboxylic acid groups (broad SMARTS) is 1. The quantitative estimate of drug-likeness (QED) is 0.215. The molecule has 3 aromatic rings. The third kappa shape index (κ3) is 5.47. The number of nitrogens with zero attached hydrogens (tertiary/aromatic N) is 1. The number of carboxylic acids is 1. The number of H-pyrrole nitrogens is 1. The van der Waals surface area contributed by atoms with E-state index < -0.39 is 48.0 Å². The van der Waals surface area contributed by atoms with Crippen LogP contribution in [0.25, 0.3) is 0 Å². The van der Waals surface area contributed by atoms with Crippen molar-refractivity contribution in [3.8, 4) is 5.75 Å². The van der Waals surface area contributed by atoms with E-state index in [9.17, 15) is 33.9 Å². The minimum absolute atomic E-state index is 0.0989. The number of fused-ring (bicyclic) bond motifs is 9. The maximum absolute atomic E-state index is 13.5. The molecular formula is C32H28BrN3O9S2. The van der Waals surface area contributed by atoms with E-state index in [0.717, 1.165) is 31.2 Å². The van der Waals surface area contributed by atoms with Gasteiger partial charge < -0.3 is 24.9 Å². The first-order valence-corrected chi connectivity index (χ1v) is 17.5. The number of aliphatic carboxylic acids is 1. The molecule has 1 saturated heterocycles. The molecule has 3 fully saturated rings. The largest absolute Gasteiger partial charge is 0.483 e. The van der Waals surface area contributed by atoms with Gasteiger partial charge in [0, 0.05) is 31.8 Å². The number of imide groups is 1. The summed E-state index contributed by atoms with van der Waals surface area (Å²) < 4.78 is 11.9. The van der Waals surface area contributed by atoms with Crippen molar-refractivity contribution in [2.75, 3.05) is 25.1 Å². The molecule has 47 heavy (non-hydrogen) atoms. The standard InChI is InChI=1S/C32H28BrN3O9S2/c1-2-44-31(42)13-3-6-15(7-4-13)34-20(37)12-45-19-8-5-14(33)9-16(19)22-23-17-10-18(26(23)46-28-27(22)47-32(43)35-28)25-24(17)29(40)36(30(25)41)11-21(38)39/h3-9,17-18,22-26H,2,10-12H2,1H3,(H,34,37)(H,35,43)(H,38,39)/t17?,18?,22-,23?,24?,25?,26?/m1/s1. The van der Waals surface area contributed by atoms with Gasteiger partial charge >= 0.3 is 16.8 Å². The normalized spacial score (nSPS) is 26.9. The number of anilines is 1. The number of rotatable bonds is 9. The average molecular weight is 743 g/mol. The monoisotopic (exact) mass is 741 g/mol. The number of halogens is 1. The summed E-state index contributed by atoms with van der Waals surface area (Å²) in [5.74, 6) is -4.65. The summed E-state index contributed by atoms with van der Waals surface area (Å²) >= 11 is 6.18. The Hall–Kier alpha value is -3.95. The van der Waals surface area contributed by atoms with Gasteiger partial charge in [0.1, 0.15) is 12.3 Å². The Kier molecular flexibility index (Phi) is 8.25. The molecular weight excluding hydrogens is 714 g/mol. The maximum atomic E-state index is 13.5. The Labute approximate surface area is 284 Å². The number of thioether (sulfide) groups is 1. The second kappa shape index (κ2) is 12.3. The Balaban J connectivity index is 1.17. The zero-order valence-electron chi connectivity index (χ0n) is 24.8. The topological polar surface area (TPSA) is 172 Å². The fourth-order valence-corrected chi connectivity index (χ4v) is 11.1. The molecule has 2 saturated carbocycles. The van der Waals surface area contributed by atoms with Gasteiger partial charge in [0.2, 0.25) is 11.8 Å². The van der Waals surface area contributed by atoms with Crippen molar-refractivity contribution in [3.05, 3.63) is 72.6 Å². The van der Waals surface area contributed by atoms with Crippen LogP contribution >= 0.6 is 39.0 Å². The number of carbonyl (C=O) groups is 5. The molecule has 2 aliphatic carbocycles. The third-order valence-electron chi connectivity index (χ3n) is 9.45. The van der Waals surface area contributed by atoms with Crippen molar-refractivity contribution < 1.29 is 38.6 Å². The zero-order chi connectivity index (χ0) is 33.1. The van der Waals surface area contributed by atoms with E-state index in [4.69, 9.17) is 9.47 Å². The van der Waals surface area contributed by atoms with Crippen LogP contribution in [0.5, 0.6) is 5.75 Å². The van der Waals surface area contributed by atoms with Gasteiger partial charge in [-0.15, -0.1) is 11.8 Å². The number of esters is 1. The van der Waals surface area contributed by atoms with E-state index in [1.807, 2.05) is 6.07 Å². The molecule has 1 aromatic heterocycles. The predicted molar refractivity (Wildman–Crippen MR) is 174 cm³/mol. The molecule has 7 rings (SSSR count). The van der Waals surface area contributed by atoms with Crippen LogP contribution in [0.2, 0.25) is 0 Å². The maximum Gasteiger partial charge on any atom is 0.338 e. The zero-order valence-corrected chi connectivity index (χ0v) is 28.0. The van der Waals surface area contributed by atoms with Crippen LogP contribution in [0.4, 0.5) is 5.69 Å². The number of aromatic nitrogens is 1. The molecule has 0 radical (unpaired) electrons. The number of aromatic amines is 1. The van der Waals surface area contributed by atoms with Gasteiger partial charge in [-0.1, -0.05) is 27.3 Å². The third-order valence-corrected chi connectivity index (χ3v) is 12.5. The van der Waals surface area contributed by atoms with Gasteiger partial charge in [0.15, 0.2) is 6.61 Å². The van der Waals surface area contributed by atoms with E-state index in [0.29, 0.717) is 28.4 Å². The second-order valence-corrected chi connectivity index (χ2v) is 15.1. The van der Waals surface area contributed by atoms with E-state index >= 15 is 0 Å². The summed E-state index contributed by atoms with van der Waals surface area (Å²) in [6.07, 6.45) is 0.646. The summed E-state index contributed by atoms with van der Waals surface area (Å²) in [4.78, 5) is 80.3. The fourth-order valence-electron chi connectivity index (χ4n) is 7.86. The number of hydrogen-bond acceptors (Lipinski definition) is 10. The number of ether oxygens (including phenoxy) is 2. The van der Waals surface area contributed by atoms with Crippen LogP contribution in [0, 0.1) is 29.6 Å². The average Bonchev–Trinajstić information content (AvgIpc) is 3.77. The predicted octanol–water partition coefficient (Wildman–Crippen LogP) is 3.95. The first-order chi connectivity index (χ1) is 22.5. The van der Waals surface area contributed by atoms with Crippen LogP contribution in [0.1, 0.15) is 40.1 Å². The van der Waals surface area contributed by atoms with Crippen molar-refractivity contribution in [2.24, 2.45) is 29.6 Å². The smallest absolute Gasteiger partial charge is 0.338 e. The van der Waals surface area contributed by atoms with Gasteiger partial charge in [-0.05, 0) is 73.6 Å². The lowest BCUT2D eigenvalue weighted by Crippen LogP contribution is -2.42. The summed E-state index contributed by atoms with van der Waals surface area (Å²) in [7, 11) is 0. The SMILES string of the molecule is CCOC(=O)c1ccc(NC(=O)COc2ccc(Br)cc2[C@H]2c3sc(=O)[nH]c3SC3C4CC(C5C(=O)N(CC(=O)O)C(=O)C45)C32)cc1. The summed E-state index contributed by atoms with van der Waals surface area (Å²) in [6, 6.07) is 11.7. The number of hydrogen-bond donors (Lipinski definition) is 3. The molecule has 2 aromatic carbocycles. The van der Waals surface area contributed by atoms with Crippen LogP contribution in [0.3, 0.4) is 0 Å². The molecule has 0 spiro atoms. The van der Waals surface area contributed by atoms with Gasteiger partial charge in [-0.25, -0.2) is 4.79 Å². The van der Waals surface area contributed by atoms with Gasteiger partial charge in [-0.3, -0.25) is 28.9 Å². The van der Waals surface area contributed by atoms with Gasteiger partial charge in [-0.2, -0.15) is 0 Å². The molecule has 15 heteroatoms. The number of amides is 3. The first kappa shape index (κ1) is 31.6. The van der Waals surface area contributed by atoms with Crippen LogP contribution in [-0.4, -0.2) is 69.7 Å². The fraction of sp³-hybridized carbons (Fsp3) is 0.375. The highest BCUT2D eigenvalue weighted by molar-refractivity contribution is 9.10. The number of nitrogens with one attached hydrogen (secondary N) is 2. The highest BCUT2D eigenvalue weighted by Crippen LogP contribution is 2.69. The lowest BCUT2D eigenvalue weighted by Gasteiger charge is -2.43. The Morgan fingerprint density at radius 1 is 1.06 bits per heavy atom. The van der Waals surface area contributed by atoms with E-state index in [2.05, 4.69) is 26.2 Å². The van der Waals surface area contributed by atoms with Crippen molar-refractivity contribution in [1.29, 1.82) is 0 Å². The lowest BCUT2D eigenvalue weighted by molar-refractivity contribution is -0.149. The number of likely N-dealkylation sites (tertiary alicyclic amines) is 1. The molecule has 12 nitrogen and oxygen atoms in total. The minimum Gasteiger partial charge on any atom is -0.483 e. The van der Waals surface area contributed by atoms with E-state index in [-0.39, 0.29) is 47.0 Å². The molecule has 7 atom stereocenters. The van der Waals surface area contributed by atoms with Crippen LogP contribution in [0.15, 0.2) is 56.8 Å². The molecule has 244 valence electrons. The van der Waals surface area contributed by atoms with Crippen molar-refractivity contribution in [1.82, 2.24) is 9.88 Å². The van der Waals surface area contributed by atoms with Crippen molar-refractivity contribution in [2.45, 2.75) is 29.5 Å². The Bertz CT molecular complexity index is 1880. The van der Waals surface area contributed by atoms with Gasteiger partial charge in [0.05, 0.1) is 29.0 Å². The number of thiazole rings is 1. The number of benzene rings is 2. The van der Waals surface area contributed by atoms with Gasteiger partial charge in [0.25, 0.3) is 5.91 Å². The van der Waals surface area contributed by atoms with E-state index in [1.54, 1.807) is 43.3 Å². The minimum atomic E-state index is -1.24. The van der Waals surface area contributed by atoms with E-state index in [1.165, 1.54) is 11.8 Å². The molecule has 2 aliphatic heterocycles. The summed E-state index contributed by atoms with van der Waals surface area (Å²) in [5.41, 5.74) is 1.57. The molecule has 2 bridgehead atoms. The highest BCUT2D eigenvalue weighted by atomic mass is 79.9. The highest BCUT2D eigenvalue weighted by Gasteiger charge is 2.69. The first-order valence-electron chi connectivity index (χ1n) is 15.0.